The maximum Gasteiger partial charge on any atom is 0.451 e. The smallest absolute Gasteiger partial charge is 0.451 e. The van der Waals surface area contributed by atoms with Gasteiger partial charge in [-0.2, -0.15) is 0 Å². The van der Waals surface area contributed by atoms with Crippen molar-refractivity contribution < 1.29 is 19.9 Å². The number of rotatable bonds is 7. The van der Waals surface area contributed by atoms with E-state index in [2.05, 4.69) is 4.98 Å². The largest absolute Gasteiger partial charge is 0.478 e. The summed E-state index contributed by atoms with van der Waals surface area (Å²) in [5, 5.41) is 26.4. The summed E-state index contributed by atoms with van der Waals surface area (Å²) in [6.07, 6.45) is 4.70. The van der Waals surface area contributed by atoms with Crippen LogP contribution in [-0.4, -0.2) is 37.8 Å². The third-order valence-corrected chi connectivity index (χ3v) is 3.23. The van der Waals surface area contributed by atoms with E-state index in [0.717, 1.165) is 31.3 Å². The minimum atomic E-state index is -1.22. The molecule has 0 fully saturated rings. The van der Waals surface area contributed by atoms with Gasteiger partial charge < -0.3 is 19.7 Å². The van der Waals surface area contributed by atoms with Crippen molar-refractivity contribution >= 4 is 24.1 Å². The summed E-state index contributed by atoms with van der Waals surface area (Å²) in [4.78, 5) is 15.1. The van der Waals surface area contributed by atoms with E-state index < -0.39 is 13.1 Å². The molecule has 7 heteroatoms. The Bertz CT molecular complexity index is 597. The molecule has 1 aromatic carbocycles. The van der Waals surface area contributed by atoms with Crippen molar-refractivity contribution in [2.75, 3.05) is 0 Å². The number of aromatic carboxylic acids is 1. The molecule has 0 aliphatic rings. The molecule has 3 N–H and O–H groups in total. The van der Waals surface area contributed by atoms with Crippen LogP contribution in [0.2, 0.25) is 6.32 Å². The number of imidazole rings is 1. The first kappa shape index (κ1) is 14.6. The summed E-state index contributed by atoms with van der Waals surface area (Å²) in [5.74, 6) is -0.955. The van der Waals surface area contributed by atoms with Crippen molar-refractivity contribution in [1.82, 2.24) is 9.55 Å². The predicted molar refractivity (Wildman–Crippen MR) is 75.5 cm³/mol. The Morgan fingerprint density at radius 2 is 2.05 bits per heavy atom. The fraction of sp³-hybridized carbons (Fsp3) is 0.385. The van der Waals surface area contributed by atoms with E-state index in [-0.39, 0.29) is 5.56 Å². The molecule has 0 saturated heterocycles. The maximum atomic E-state index is 10.9. The van der Waals surface area contributed by atoms with Crippen LogP contribution in [0.3, 0.4) is 0 Å². The van der Waals surface area contributed by atoms with Gasteiger partial charge in [0.25, 0.3) is 0 Å². The number of aromatic nitrogens is 2. The minimum Gasteiger partial charge on any atom is -0.478 e. The number of carboxylic acids is 1. The molecule has 1 aromatic heterocycles. The lowest BCUT2D eigenvalue weighted by Crippen LogP contribution is -2.09. The number of benzene rings is 1. The van der Waals surface area contributed by atoms with E-state index in [9.17, 15) is 4.79 Å². The SMILES string of the molecule is O=C(O)c1ccc2c(c1)ncn2CCCCCB(O)O. The number of carboxylic acid groups (broad SMARTS) is 1. The molecule has 0 radical (unpaired) electrons. The molecule has 106 valence electrons. The summed E-state index contributed by atoms with van der Waals surface area (Å²) in [7, 11) is -1.22. The number of unbranched alkanes of at least 4 members (excludes halogenated alkanes) is 2. The number of hydrogen-bond donors (Lipinski definition) is 3. The van der Waals surface area contributed by atoms with Gasteiger partial charge in [-0.1, -0.05) is 12.8 Å². The van der Waals surface area contributed by atoms with Crippen molar-refractivity contribution in [3.05, 3.63) is 30.1 Å². The Morgan fingerprint density at radius 1 is 1.25 bits per heavy atom. The monoisotopic (exact) mass is 276 g/mol. The normalized spacial score (nSPS) is 10.9. The standard InChI is InChI=1S/C13H17BN2O4/c17-13(18)10-4-5-12-11(8-10)15-9-16(12)7-3-1-2-6-14(19)20/h4-5,8-9,19-20H,1-3,6-7H2,(H,17,18). The zero-order chi connectivity index (χ0) is 14.5. The first-order valence-corrected chi connectivity index (χ1v) is 6.62. The van der Waals surface area contributed by atoms with E-state index in [1.807, 2.05) is 4.57 Å². The second-order valence-electron chi connectivity index (χ2n) is 4.78. The molecule has 0 unspecified atom stereocenters. The van der Waals surface area contributed by atoms with Crippen molar-refractivity contribution in [3.8, 4) is 0 Å². The molecule has 0 spiro atoms. The van der Waals surface area contributed by atoms with Crippen LogP contribution in [-0.2, 0) is 6.54 Å². The van der Waals surface area contributed by atoms with Gasteiger partial charge in [-0.05, 0) is 30.9 Å². The highest BCUT2D eigenvalue weighted by Gasteiger charge is 2.08. The molecule has 0 atom stereocenters. The molecule has 2 aromatic rings. The van der Waals surface area contributed by atoms with E-state index in [4.69, 9.17) is 15.2 Å². The van der Waals surface area contributed by atoms with Gasteiger partial charge in [-0.25, -0.2) is 9.78 Å². The van der Waals surface area contributed by atoms with Crippen molar-refractivity contribution in [2.45, 2.75) is 32.1 Å². The number of hydrogen-bond acceptors (Lipinski definition) is 4. The van der Waals surface area contributed by atoms with Crippen LogP contribution in [0.1, 0.15) is 29.6 Å². The maximum absolute atomic E-state index is 10.9. The molecule has 0 aliphatic carbocycles. The number of fused-ring (bicyclic) bond motifs is 1. The van der Waals surface area contributed by atoms with Gasteiger partial charge in [0.1, 0.15) is 0 Å². The molecular formula is C13H17BN2O4. The summed E-state index contributed by atoms with van der Waals surface area (Å²) in [6.45, 7) is 0.782. The van der Waals surface area contributed by atoms with E-state index in [1.165, 1.54) is 0 Å². The molecule has 0 amide bonds. The fourth-order valence-electron chi connectivity index (χ4n) is 2.16. The van der Waals surface area contributed by atoms with Crippen LogP contribution in [0.5, 0.6) is 0 Å². The third-order valence-electron chi connectivity index (χ3n) is 3.23. The topological polar surface area (TPSA) is 95.6 Å². The van der Waals surface area contributed by atoms with Crippen LogP contribution in [0.15, 0.2) is 24.5 Å². The molecule has 0 aliphatic heterocycles. The highest BCUT2D eigenvalue weighted by Crippen LogP contribution is 2.16. The van der Waals surface area contributed by atoms with Crippen LogP contribution < -0.4 is 0 Å². The molecule has 2 rings (SSSR count). The number of carbonyl (C=O) groups is 1. The Hall–Kier alpha value is -1.86. The van der Waals surface area contributed by atoms with E-state index in [1.54, 1.807) is 24.5 Å². The Morgan fingerprint density at radius 3 is 2.75 bits per heavy atom. The van der Waals surface area contributed by atoms with Crippen LogP contribution in [0.4, 0.5) is 0 Å². The van der Waals surface area contributed by atoms with Crippen molar-refractivity contribution in [3.63, 3.8) is 0 Å². The Kier molecular flexibility index (Phi) is 4.76. The van der Waals surface area contributed by atoms with Crippen LogP contribution >= 0.6 is 0 Å². The Labute approximate surface area is 116 Å². The lowest BCUT2D eigenvalue weighted by atomic mass is 9.83. The summed E-state index contributed by atoms with van der Waals surface area (Å²) >= 11 is 0. The van der Waals surface area contributed by atoms with Gasteiger partial charge in [0, 0.05) is 6.54 Å². The summed E-state index contributed by atoms with van der Waals surface area (Å²) < 4.78 is 1.98. The van der Waals surface area contributed by atoms with Gasteiger partial charge in [0.05, 0.1) is 22.9 Å². The van der Waals surface area contributed by atoms with Crippen LogP contribution in [0, 0.1) is 0 Å². The summed E-state index contributed by atoms with van der Waals surface area (Å²) in [6, 6.07) is 4.91. The molecular weight excluding hydrogens is 259 g/mol. The zero-order valence-corrected chi connectivity index (χ0v) is 11.1. The third kappa shape index (κ3) is 3.58. The van der Waals surface area contributed by atoms with Gasteiger partial charge in [0.15, 0.2) is 0 Å². The lowest BCUT2D eigenvalue weighted by Gasteiger charge is -2.04. The minimum absolute atomic E-state index is 0.236. The second-order valence-corrected chi connectivity index (χ2v) is 4.78. The average molecular weight is 276 g/mol. The molecule has 1 heterocycles. The number of aryl methyl sites for hydroxylation is 1. The molecule has 20 heavy (non-hydrogen) atoms. The highest BCUT2D eigenvalue weighted by atomic mass is 16.4. The molecule has 0 bridgehead atoms. The van der Waals surface area contributed by atoms with Gasteiger partial charge in [0.2, 0.25) is 0 Å². The second kappa shape index (κ2) is 6.54. The Balaban J connectivity index is 1.96. The van der Waals surface area contributed by atoms with Gasteiger partial charge in [-0.3, -0.25) is 0 Å². The van der Waals surface area contributed by atoms with Gasteiger partial charge in [-0.15, -0.1) is 0 Å². The van der Waals surface area contributed by atoms with Crippen molar-refractivity contribution in [2.24, 2.45) is 0 Å². The first-order valence-electron chi connectivity index (χ1n) is 6.62. The van der Waals surface area contributed by atoms with E-state index in [0.29, 0.717) is 11.8 Å². The summed E-state index contributed by atoms with van der Waals surface area (Å²) in [5.41, 5.74) is 1.83. The average Bonchev–Trinajstić information content (AvgIpc) is 2.80. The highest BCUT2D eigenvalue weighted by molar-refractivity contribution is 6.40. The van der Waals surface area contributed by atoms with Crippen molar-refractivity contribution in [1.29, 1.82) is 0 Å². The number of nitrogens with zero attached hydrogens (tertiary/aromatic N) is 2. The molecule has 6 nitrogen and oxygen atoms in total. The quantitative estimate of drug-likeness (QED) is 0.524. The van der Waals surface area contributed by atoms with Crippen LogP contribution in [0.25, 0.3) is 11.0 Å². The zero-order valence-electron chi connectivity index (χ0n) is 11.1. The molecule has 0 saturated carbocycles. The lowest BCUT2D eigenvalue weighted by molar-refractivity contribution is 0.0697. The first-order chi connectivity index (χ1) is 9.58. The van der Waals surface area contributed by atoms with E-state index >= 15 is 0 Å². The van der Waals surface area contributed by atoms with Gasteiger partial charge >= 0.3 is 13.1 Å². The fourth-order valence-corrected chi connectivity index (χ4v) is 2.16. The predicted octanol–water partition coefficient (Wildman–Crippen LogP) is 1.38.